The average molecular weight is 462 g/mol. The van der Waals surface area contributed by atoms with Gasteiger partial charge in [-0.3, -0.25) is 4.99 Å². The molecule has 1 saturated carbocycles. The van der Waals surface area contributed by atoms with Gasteiger partial charge in [0.2, 0.25) is 10.0 Å². The number of aliphatic imine (C=N–C) groups is 1. The first kappa shape index (κ1) is 22.9. The molecular weight excluding hydrogens is 431 g/mol. The number of hydrogen-bond donors (Lipinski definition) is 3. The van der Waals surface area contributed by atoms with E-state index in [4.69, 9.17) is 4.74 Å². The first-order chi connectivity index (χ1) is 10.4. The number of ether oxygens (including phenoxy) is 1. The third-order valence-electron chi connectivity index (χ3n) is 4.12. The van der Waals surface area contributed by atoms with Crippen molar-refractivity contribution in [2.24, 2.45) is 10.4 Å². The molecular formula is C14H31IN4O3S. The summed E-state index contributed by atoms with van der Waals surface area (Å²) >= 11 is 0. The Morgan fingerprint density at radius 3 is 2.43 bits per heavy atom. The number of rotatable bonds is 10. The van der Waals surface area contributed by atoms with Crippen LogP contribution in [0, 0.1) is 5.41 Å². The van der Waals surface area contributed by atoms with Crippen LogP contribution in [0.15, 0.2) is 4.99 Å². The molecule has 0 bridgehead atoms. The van der Waals surface area contributed by atoms with E-state index in [1.165, 1.54) is 25.5 Å². The van der Waals surface area contributed by atoms with Crippen molar-refractivity contribution in [2.75, 3.05) is 46.7 Å². The molecule has 7 nitrogen and oxygen atoms in total. The van der Waals surface area contributed by atoms with Gasteiger partial charge in [-0.25, -0.2) is 13.1 Å². The van der Waals surface area contributed by atoms with Gasteiger partial charge in [-0.15, -0.1) is 24.0 Å². The number of guanidine groups is 1. The molecule has 0 spiro atoms. The summed E-state index contributed by atoms with van der Waals surface area (Å²) in [6.45, 7) is 2.80. The normalized spacial score (nSPS) is 17.1. The van der Waals surface area contributed by atoms with Crippen molar-refractivity contribution >= 4 is 40.0 Å². The SMILES string of the molecule is CN=C(NCCCNS(C)(=O)=O)NCC1(CCOC)CCC1.I. The van der Waals surface area contributed by atoms with Crippen LogP contribution in [0.4, 0.5) is 0 Å². The summed E-state index contributed by atoms with van der Waals surface area (Å²) in [6.07, 6.45) is 6.71. The van der Waals surface area contributed by atoms with Gasteiger partial charge in [-0.1, -0.05) is 6.42 Å². The maximum Gasteiger partial charge on any atom is 0.208 e. The zero-order valence-corrected chi connectivity index (χ0v) is 17.5. The minimum Gasteiger partial charge on any atom is -0.385 e. The van der Waals surface area contributed by atoms with Crippen molar-refractivity contribution in [3.8, 4) is 0 Å². The molecule has 1 rings (SSSR count). The second kappa shape index (κ2) is 11.4. The molecule has 0 aromatic carbocycles. The lowest BCUT2D eigenvalue weighted by atomic mass is 9.67. The Morgan fingerprint density at radius 1 is 1.26 bits per heavy atom. The summed E-state index contributed by atoms with van der Waals surface area (Å²) in [5, 5.41) is 6.58. The van der Waals surface area contributed by atoms with Crippen LogP contribution in [-0.2, 0) is 14.8 Å². The van der Waals surface area contributed by atoms with Gasteiger partial charge in [0.1, 0.15) is 0 Å². The summed E-state index contributed by atoms with van der Waals surface area (Å²) < 4.78 is 29.6. The van der Waals surface area contributed by atoms with Crippen LogP contribution in [-0.4, -0.2) is 61.0 Å². The number of hydrogen-bond acceptors (Lipinski definition) is 4. The van der Waals surface area contributed by atoms with Gasteiger partial charge in [0.25, 0.3) is 0 Å². The molecule has 1 fully saturated rings. The standard InChI is InChI=1S/C14H30N4O3S.HI/c1-15-13(16-9-5-10-18-22(3,19)20)17-12-14(6-4-7-14)8-11-21-2;/h18H,4-12H2,1-3H3,(H2,15,16,17);1H. The predicted molar refractivity (Wildman–Crippen MR) is 105 cm³/mol. The second-order valence-corrected chi connectivity index (χ2v) is 7.80. The van der Waals surface area contributed by atoms with Gasteiger partial charge in [-0.2, -0.15) is 0 Å². The molecule has 1 aliphatic rings. The molecule has 0 unspecified atom stereocenters. The minimum absolute atomic E-state index is 0. The maximum atomic E-state index is 10.9. The number of sulfonamides is 1. The van der Waals surface area contributed by atoms with E-state index in [1.807, 2.05) is 0 Å². The molecule has 0 aromatic rings. The van der Waals surface area contributed by atoms with E-state index < -0.39 is 10.0 Å². The van der Waals surface area contributed by atoms with Gasteiger partial charge >= 0.3 is 0 Å². The highest BCUT2D eigenvalue weighted by molar-refractivity contribution is 14.0. The van der Waals surface area contributed by atoms with Crippen LogP contribution in [0.1, 0.15) is 32.1 Å². The van der Waals surface area contributed by atoms with Crippen molar-refractivity contribution in [2.45, 2.75) is 32.1 Å². The van der Waals surface area contributed by atoms with E-state index in [0.29, 0.717) is 24.9 Å². The first-order valence-electron chi connectivity index (χ1n) is 7.79. The number of methoxy groups -OCH3 is 1. The summed E-state index contributed by atoms with van der Waals surface area (Å²) in [5.41, 5.74) is 0.339. The fourth-order valence-electron chi connectivity index (χ4n) is 2.56. The van der Waals surface area contributed by atoms with Crippen molar-refractivity contribution in [3.63, 3.8) is 0 Å². The second-order valence-electron chi connectivity index (χ2n) is 5.97. The number of nitrogens with zero attached hydrogens (tertiary/aromatic N) is 1. The third kappa shape index (κ3) is 9.68. The molecule has 0 amide bonds. The Bertz CT molecular complexity index is 453. The van der Waals surface area contributed by atoms with E-state index in [0.717, 1.165) is 25.5 Å². The highest BCUT2D eigenvalue weighted by Crippen LogP contribution is 2.43. The predicted octanol–water partition coefficient (Wildman–Crippen LogP) is 0.916. The van der Waals surface area contributed by atoms with Crippen LogP contribution in [0.3, 0.4) is 0 Å². The van der Waals surface area contributed by atoms with Crippen LogP contribution in [0.25, 0.3) is 0 Å². The van der Waals surface area contributed by atoms with Gasteiger partial charge in [0.05, 0.1) is 6.26 Å². The zero-order chi connectivity index (χ0) is 16.5. The first-order valence-corrected chi connectivity index (χ1v) is 9.68. The molecule has 0 saturated heterocycles. The van der Waals surface area contributed by atoms with Gasteiger partial charge in [0, 0.05) is 40.4 Å². The molecule has 9 heteroatoms. The maximum absolute atomic E-state index is 10.9. The van der Waals surface area contributed by atoms with Crippen molar-refractivity contribution < 1.29 is 13.2 Å². The quantitative estimate of drug-likeness (QED) is 0.194. The fraction of sp³-hybridized carbons (Fsp3) is 0.929. The van der Waals surface area contributed by atoms with Crippen LogP contribution < -0.4 is 15.4 Å². The Kier molecular flexibility index (Phi) is 11.4. The minimum atomic E-state index is -3.10. The molecule has 138 valence electrons. The summed E-state index contributed by atoms with van der Waals surface area (Å²) in [6, 6.07) is 0. The lowest BCUT2D eigenvalue weighted by Gasteiger charge is -2.42. The monoisotopic (exact) mass is 462 g/mol. The van der Waals surface area contributed by atoms with E-state index >= 15 is 0 Å². The van der Waals surface area contributed by atoms with Gasteiger partial charge in [0.15, 0.2) is 5.96 Å². The molecule has 3 N–H and O–H groups in total. The molecule has 0 aliphatic heterocycles. The summed E-state index contributed by atoms with van der Waals surface area (Å²) in [5.74, 6) is 0.767. The molecule has 0 atom stereocenters. The lowest BCUT2D eigenvalue weighted by molar-refractivity contribution is 0.0732. The zero-order valence-electron chi connectivity index (χ0n) is 14.4. The van der Waals surface area contributed by atoms with Crippen LogP contribution in [0.2, 0.25) is 0 Å². The van der Waals surface area contributed by atoms with Crippen LogP contribution in [0.5, 0.6) is 0 Å². The third-order valence-corrected chi connectivity index (χ3v) is 4.84. The van der Waals surface area contributed by atoms with E-state index in [1.54, 1.807) is 14.2 Å². The highest BCUT2D eigenvalue weighted by atomic mass is 127. The van der Waals surface area contributed by atoms with Crippen molar-refractivity contribution in [1.82, 2.24) is 15.4 Å². The van der Waals surface area contributed by atoms with Gasteiger partial charge in [-0.05, 0) is 31.1 Å². The Labute approximate surface area is 157 Å². The Balaban J connectivity index is 0.00000484. The Morgan fingerprint density at radius 2 is 1.96 bits per heavy atom. The number of nitrogens with one attached hydrogen (secondary N) is 3. The molecule has 0 radical (unpaired) electrons. The highest BCUT2D eigenvalue weighted by Gasteiger charge is 2.36. The Hall–Kier alpha value is -0.130. The van der Waals surface area contributed by atoms with E-state index in [9.17, 15) is 8.42 Å². The van der Waals surface area contributed by atoms with E-state index in [2.05, 4.69) is 20.3 Å². The molecule has 23 heavy (non-hydrogen) atoms. The lowest BCUT2D eigenvalue weighted by Crippen LogP contribution is -2.47. The molecule has 0 aromatic heterocycles. The van der Waals surface area contributed by atoms with Gasteiger partial charge < -0.3 is 15.4 Å². The topological polar surface area (TPSA) is 91.8 Å². The largest absolute Gasteiger partial charge is 0.385 e. The number of halogens is 1. The van der Waals surface area contributed by atoms with E-state index in [-0.39, 0.29) is 24.0 Å². The summed E-state index contributed by atoms with van der Waals surface area (Å²) in [4.78, 5) is 4.20. The van der Waals surface area contributed by atoms with Crippen LogP contribution >= 0.6 is 24.0 Å². The summed E-state index contributed by atoms with van der Waals surface area (Å²) in [7, 11) is 0.383. The molecule has 1 aliphatic carbocycles. The molecule has 0 heterocycles. The fourth-order valence-corrected chi connectivity index (χ4v) is 3.07. The smallest absolute Gasteiger partial charge is 0.208 e. The average Bonchev–Trinajstić information content (AvgIpc) is 2.41. The van der Waals surface area contributed by atoms with Crippen molar-refractivity contribution in [3.05, 3.63) is 0 Å². The van der Waals surface area contributed by atoms with Crippen molar-refractivity contribution in [1.29, 1.82) is 0 Å².